The van der Waals surface area contributed by atoms with Gasteiger partial charge in [-0.05, 0) is 38.5 Å². The van der Waals surface area contributed by atoms with Crippen molar-refractivity contribution in [1.29, 1.82) is 0 Å². The van der Waals surface area contributed by atoms with Crippen molar-refractivity contribution in [2.45, 2.75) is 58.4 Å². The lowest BCUT2D eigenvalue weighted by molar-refractivity contribution is -0.137. The number of urea groups is 1. The summed E-state index contributed by atoms with van der Waals surface area (Å²) in [7, 11) is 0. The molecular weight excluding hydrogens is 244 g/mol. The van der Waals surface area contributed by atoms with Gasteiger partial charge in [0.2, 0.25) is 0 Å². The monoisotopic (exact) mass is 270 g/mol. The number of amides is 2. The molecule has 1 fully saturated rings. The van der Waals surface area contributed by atoms with Crippen LogP contribution in [0.1, 0.15) is 52.4 Å². The zero-order valence-corrected chi connectivity index (χ0v) is 12.0. The summed E-state index contributed by atoms with van der Waals surface area (Å²) in [6.45, 7) is 5.46. The highest BCUT2D eigenvalue weighted by Crippen LogP contribution is 2.26. The van der Waals surface area contributed by atoms with E-state index < -0.39 is 5.97 Å². The fourth-order valence-corrected chi connectivity index (χ4v) is 2.32. The molecule has 5 nitrogen and oxygen atoms in total. The molecule has 0 aromatic rings. The molecule has 110 valence electrons. The number of aliphatic carboxylic acids is 1. The Kier molecular flexibility index (Phi) is 6.67. The first-order valence-corrected chi connectivity index (χ1v) is 7.34. The van der Waals surface area contributed by atoms with E-state index in [1.807, 2.05) is 11.8 Å². The Morgan fingerprint density at radius 1 is 1.32 bits per heavy atom. The number of rotatable bonds is 9. The minimum Gasteiger partial charge on any atom is -0.481 e. The van der Waals surface area contributed by atoms with Crippen LogP contribution in [0.3, 0.4) is 0 Å². The molecule has 1 aliphatic rings. The third-order valence-corrected chi connectivity index (χ3v) is 3.76. The van der Waals surface area contributed by atoms with Gasteiger partial charge >= 0.3 is 12.0 Å². The minimum absolute atomic E-state index is 0.0260. The second kappa shape index (κ2) is 8.02. The van der Waals surface area contributed by atoms with E-state index in [2.05, 4.69) is 12.2 Å². The SMILES string of the molecule is CCC(CCNC(=O)N(CC)C1CC1)CCC(=O)O. The molecule has 1 aliphatic carbocycles. The van der Waals surface area contributed by atoms with Gasteiger partial charge in [-0.15, -0.1) is 0 Å². The molecule has 0 bridgehead atoms. The molecule has 5 heteroatoms. The van der Waals surface area contributed by atoms with Gasteiger partial charge in [0.1, 0.15) is 0 Å². The highest BCUT2D eigenvalue weighted by Gasteiger charge is 2.31. The van der Waals surface area contributed by atoms with Crippen LogP contribution in [0.15, 0.2) is 0 Å². The van der Waals surface area contributed by atoms with Gasteiger partial charge < -0.3 is 15.3 Å². The zero-order chi connectivity index (χ0) is 14.3. The van der Waals surface area contributed by atoms with E-state index in [-0.39, 0.29) is 12.5 Å². The van der Waals surface area contributed by atoms with E-state index in [9.17, 15) is 9.59 Å². The Balaban J connectivity index is 2.19. The van der Waals surface area contributed by atoms with Crippen molar-refractivity contribution < 1.29 is 14.7 Å². The van der Waals surface area contributed by atoms with Crippen molar-refractivity contribution in [3.63, 3.8) is 0 Å². The lowest BCUT2D eigenvalue weighted by Gasteiger charge is -2.21. The van der Waals surface area contributed by atoms with Gasteiger partial charge in [-0.2, -0.15) is 0 Å². The average molecular weight is 270 g/mol. The number of carboxylic acid groups (broad SMARTS) is 1. The molecule has 0 aromatic heterocycles. The highest BCUT2D eigenvalue weighted by atomic mass is 16.4. The zero-order valence-electron chi connectivity index (χ0n) is 12.0. The molecule has 1 rings (SSSR count). The fraction of sp³-hybridized carbons (Fsp3) is 0.857. The molecule has 0 spiro atoms. The summed E-state index contributed by atoms with van der Waals surface area (Å²) in [5, 5.41) is 11.6. The standard InChI is InChI=1S/C14H26N2O3/c1-3-11(5-8-13(17)18)9-10-15-14(19)16(4-2)12-6-7-12/h11-12H,3-10H2,1-2H3,(H,15,19)(H,17,18). The Morgan fingerprint density at radius 3 is 2.47 bits per heavy atom. The second-order valence-corrected chi connectivity index (χ2v) is 5.24. The molecule has 0 aliphatic heterocycles. The van der Waals surface area contributed by atoms with Crippen LogP contribution in [0.25, 0.3) is 0 Å². The summed E-state index contributed by atoms with van der Waals surface area (Å²) in [6.07, 6.45) is 4.98. The second-order valence-electron chi connectivity index (χ2n) is 5.24. The number of nitrogens with zero attached hydrogens (tertiary/aromatic N) is 1. The smallest absolute Gasteiger partial charge is 0.317 e. The maximum Gasteiger partial charge on any atom is 0.317 e. The van der Waals surface area contributed by atoms with Crippen LogP contribution in [0.2, 0.25) is 0 Å². The minimum atomic E-state index is -0.742. The quantitative estimate of drug-likeness (QED) is 0.676. The number of hydrogen-bond donors (Lipinski definition) is 2. The molecule has 1 unspecified atom stereocenters. The van der Waals surface area contributed by atoms with Crippen LogP contribution in [0, 0.1) is 5.92 Å². The Morgan fingerprint density at radius 2 is 2.00 bits per heavy atom. The first kappa shape index (κ1) is 15.8. The number of hydrogen-bond acceptors (Lipinski definition) is 2. The summed E-state index contributed by atoms with van der Waals surface area (Å²) < 4.78 is 0. The third kappa shape index (κ3) is 5.94. The molecule has 2 N–H and O–H groups in total. The predicted octanol–water partition coefficient (Wildman–Crippen LogP) is 2.46. The maximum absolute atomic E-state index is 11.9. The van der Waals surface area contributed by atoms with E-state index in [0.29, 0.717) is 24.9 Å². The molecule has 0 saturated heterocycles. The van der Waals surface area contributed by atoms with Gasteiger partial charge in [-0.1, -0.05) is 13.3 Å². The van der Waals surface area contributed by atoms with Gasteiger partial charge in [-0.3, -0.25) is 4.79 Å². The molecule has 0 aromatic carbocycles. The molecule has 19 heavy (non-hydrogen) atoms. The van der Waals surface area contributed by atoms with Gasteiger partial charge in [-0.25, -0.2) is 4.79 Å². The number of carboxylic acids is 1. The summed E-state index contributed by atoms with van der Waals surface area (Å²) in [5.74, 6) is -0.360. The van der Waals surface area contributed by atoms with E-state index in [1.54, 1.807) is 0 Å². The molecule has 0 radical (unpaired) electrons. The summed E-state index contributed by atoms with van der Waals surface area (Å²) in [6, 6.07) is 0.470. The van der Waals surface area contributed by atoms with Gasteiger partial charge in [0.25, 0.3) is 0 Å². The normalized spacial score (nSPS) is 15.9. The van der Waals surface area contributed by atoms with Crippen LogP contribution < -0.4 is 5.32 Å². The van der Waals surface area contributed by atoms with Gasteiger partial charge in [0, 0.05) is 25.6 Å². The lowest BCUT2D eigenvalue weighted by Crippen LogP contribution is -2.41. The van der Waals surface area contributed by atoms with Crippen molar-refractivity contribution in [1.82, 2.24) is 10.2 Å². The Hall–Kier alpha value is -1.26. The summed E-state index contributed by atoms with van der Waals surface area (Å²) in [5.41, 5.74) is 0. The number of carbonyl (C=O) groups is 2. The third-order valence-electron chi connectivity index (χ3n) is 3.76. The van der Waals surface area contributed by atoms with Crippen LogP contribution >= 0.6 is 0 Å². The first-order valence-electron chi connectivity index (χ1n) is 7.34. The van der Waals surface area contributed by atoms with Crippen molar-refractivity contribution >= 4 is 12.0 Å². The Bertz CT molecular complexity index is 303. The van der Waals surface area contributed by atoms with E-state index in [4.69, 9.17) is 5.11 Å². The van der Waals surface area contributed by atoms with Crippen LogP contribution in [0.4, 0.5) is 4.79 Å². The van der Waals surface area contributed by atoms with Gasteiger partial charge in [0.15, 0.2) is 0 Å². The molecule has 1 saturated carbocycles. The van der Waals surface area contributed by atoms with Crippen LogP contribution in [0.5, 0.6) is 0 Å². The van der Waals surface area contributed by atoms with Crippen LogP contribution in [-0.2, 0) is 4.79 Å². The average Bonchev–Trinajstić information content (AvgIpc) is 3.18. The number of nitrogens with one attached hydrogen (secondary N) is 1. The largest absolute Gasteiger partial charge is 0.481 e. The molecular formula is C14H26N2O3. The van der Waals surface area contributed by atoms with Crippen molar-refractivity contribution in [2.24, 2.45) is 5.92 Å². The molecule has 2 amide bonds. The highest BCUT2D eigenvalue weighted by molar-refractivity contribution is 5.74. The molecule has 1 atom stereocenters. The van der Waals surface area contributed by atoms with Gasteiger partial charge in [0.05, 0.1) is 0 Å². The maximum atomic E-state index is 11.9. The summed E-state index contributed by atoms with van der Waals surface area (Å²) >= 11 is 0. The van der Waals surface area contributed by atoms with Crippen molar-refractivity contribution in [3.05, 3.63) is 0 Å². The predicted molar refractivity (Wildman–Crippen MR) is 74.1 cm³/mol. The first-order chi connectivity index (χ1) is 9.08. The van der Waals surface area contributed by atoms with E-state index in [0.717, 1.165) is 32.2 Å². The Labute approximate surface area is 115 Å². The van der Waals surface area contributed by atoms with Crippen molar-refractivity contribution in [2.75, 3.05) is 13.1 Å². The van der Waals surface area contributed by atoms with E-state index in [1.165, 1.54) is 0 Å². The van der Waals surface area contributed by atoms with Crippen molar-refractivity contribution in [3.8, 4) is 0 Å². The summed E-state index contributed by atoms with van der Waals surface area (Å²) in [4.78, 5) is 24.3. The van der Waals surface area contributed by atoms with E-state index >= 15 is 0 Å². The lowest BCUT2D eigenvalue weighted by atomic mass is 9.97. The van der Waals surface area contributed by atoms with Crippen LogP contribution in [-0.4, -0.2) is 41.1 Å². The number of carbonyl (C=O) groups excluding carboxylic acids is 1. The topological polar surface area (TPSA) is 69.6 Å². The molecule has 0 heterocycles. The fourth-order valence-electron chi connectivity index (χ4n) is 2.32.